The van der Waals surface area contributed by atoms with Crippen molar-refractivity contribution in [2.75, 3.05) is 5.32 Å². The summed E-state index contributed by atoms with van der Waals surface area (Å²) in [5.74, 6) is 0.102. The molecule has 0 aliphatic carbocycles. The summed E-state index contributed by atoms with van der Waals surface area (Å²) in [6.45, 7) is 5.79. The Balaban J connectivity index is 1.71. The molecule has 31 heavy (non-hydrogen) atoms. The SMILES string of the molecule is CC[C@@H](Oc1cccc(C)c1)C(=O)Nc1ccccc1C(=O)N[C@H](C)c1ccccc1. The average Bonchev–Trinajstić information content (AvgIpc) is 2.78. The van der Waals surface area contributed by atoms with Crippen LogP contribution < -0.4 is 15.4 Å². The summed E-state index contributed by atoms with van der Waals surface area (Å²) in [7, 11) is 0. The summed E-state index contributed by atoms with van der Waals surface area (Å²) in [4.78, 5) is 25.8. The Kier molecular flexibility index (Phi) is 7.44. The normalized spacial score (nSPS) is 12.5. The van der Waals surface area contributed by atoms with Crippen molar-refractivity contribution in [1.29, 1.82) is 0 Å². The van der Waals surface area contributed by atoms with Gasteiger partial charge in [0.2, 0.25) is 0 Å². The number of carbonyl (C=O) groups excluding carboxylic acids is 2. The van der Waals surface area contributed by atoms with Gasteiger partial charge in [0.15, 0.2) is 6.10 Å². The maximum Gasteiger partial charge on any atom is 0.265 e. The van der Waals surface area contributed by atoms with E-state index in [9.17, 15) is 9.59 Å². The van der Waals surface area contributed by atoms with E-state index in [4.69, 9.17) is 4.74 Å². The van der Waals surface area contributed by atoms with Gasteiger partial charge in [0.05, 0.1) is 17.3 Å². The molecular formula is C26H28N2O3. The Hall–Kier alpha value is -3.60. The number of hydrogen-bond acceptors (Lipinski definition) is 3. The molecule has 0 fully saturated rings. The summed E-state index contributed by atoms with van der Waals surface area (Å²) in [5, 5.41) is 5.86. The summed E-state index contributed by atoms with van der Waals surface area (Å²) < 4.78 is 5.89. The van der Waals surface area contributed by atoms with E-state index >= 15 is 0 Å². The highest BCUT2D eigenvalue weighted by atomic mass is 16.5. The van der Waals surface area contributed by atoms with E-state index in [-0.39, 0.29) is 17.9 Å². The lowest BCUT2D eigenvalue weighted by Crippen LogP contribution is -2.34. The van der Waals surface area contributed by atoms with Crippen LogP contribution in [0.1, 0.15) is 47.8 Å². The molecule has 0 aliphatic rings. The second kappa shape index (κ2) is 10.4. The molecule has 0 bridgehead atoms. The van der Waals surface area contributed by atoms with Gasteiger partial charge in [-0.2, -0.15) is 0 Å². The lowest BCUT2D eigenvalue weighted by molar-refractivity contribution is -0.122. The number of amides is 2. The van der Waals surface area contributed by atoms with E-state index in [0.717, 1.165) is 11.1 Å². The van der Waals surface area contributed by atoms with Crippen LogP contribution in [-0.2, 0) is 4.79 Å². The fourth-order valence-corrected chi connectivity index (χ4v) is 3.28. The summed E-state index contributed by atoms with van der Waals surface area (Å²) in [6, 6.07) is 24.1. The third kappa shape index (κ3) is 5.95. The molecule has 3 rings (SSSR count). The molecule has 3 aromatic rings. The van der Waals surface area contributed by atoms with E-state index < -0.39 is 6.10 Å². The first kappa shape index (κ1) is 22.1. The Bertz CT molecular complexity index is 1030. The van der Waals surface area contributed by atoms with Crippen LogP contribution in [0.25, 0.3) is 0 Å². The van der Waals surface area contributed by atoms with Gasteiger partial charge in [0.25, 0.3) is 11.8 Å². The van der Waals surface area contributed by atoms with Gasteiger partial charge in [-0.25, -0.2) is 0 Å². The maximum atomic E-state index is 12.9. The fraction of sp³-hybridized carbons (Fsp3) is 0.231. The number of carbonyl (C=O) groups is 2. The lowest BCUT2D eigenvalue weighted by Gasteiger charge is -2.19. The standard InChI is InChI=1S/C26H28N2O3/c1-4-24(31-21-14-10-11-18(2)17-21)26(30)28-23-16-9-8-15-22(23)25(29)27-19(3)20-12-6-5-7-13-20/h5-17,19,24H,4H2,1-3H3,(H,27,29)(H,28,30)/t19-,24-/m1/s1. The molecule has 0 unspecified atom stereocenters. The second-order valence-corrected chi connectivity index (χ2v) is 7.47. The molecule has 160 valence electrons. The van der Waals surface area contributed by atoms with Gasteiger partial charge in [-0.3, -0.25) is 9.59 Å². The van der Waals surface area contributed by atoms with Crippen LogP contribution in [0.15, 0.2) is 78.9 Å². The molecule has 2 atom stereocenters. The molecule has 5 heteroatoms. The number of para-hydroxylation sites is 1. The molecule has 0 heterocycles. The Morgan fingerprint density at radius 1 is 0.935 bits per heavy atom. The van der Waals surface area contributed by atoms with Crippen molar-refractivity contribution in [1.82, 2.24) is 5.32 Å². The third-order valence-electron chi connectivity index (χ3n) is 5.01. The van der Waals surface area contributed by atoms with Crippen molar-refractivity contribution in [3.8, 4) is 5.75 Å². The van der Waals surface area contributed by atoms with E-state index in [1.165, 1.54) is 0 Å². The zero-order valence-electron chi connectivity index (χ0n) is 18.1. The van der Waals surface area contributed by atoms with Crippen molar-refractivity contribution in [3.63, 3.8) is 0 Å². The highest BCUT2D eigenvalue weighted by Crippen LogP contribution is 2.20. The van der Waals surface area contributed by atoms with Crippen LogP contribution in [0.3, 0.4) is 0 Å². The molecule has 0 radical (unpaired) electrons. The maximum absolute atomic E-state index is 12.9. The number of nitrogens with one attached hydrogen (secondary N) is 2. The van der Waals surface area contributed by atoms with Gasteiger partial charge in [-0.05, 0) is 55.7 Å². The molecule has 0 aliphatic heterocycles. The number of hydrogen-bond donors (Lipinski definition) is 2. The van der Waals surface area contributed by atoms with E-state index in [1.807, 2.05) is 75.4 Å². The van der Waals surface area contributed by atoms with Crippen LogP contribution in [0.5, 0.6) is 5.75 Å². The molecule has 5 nitrogen and oxygen atoms in total. The minimum atomic E-state index is -0.666. The highest BCUT2D eigenvalue weighted by molar-refractivity contribution is 6.04. The van der Waals surface area contributed by atoms with Gasteiger partial charge in [0.1, 0.15) is 5.75 Å². The molecular weight excluding hydrogens is 388 g/mol. The summed E-state index contributed by atoms with van der Waals surface area (Å²) in [5.41, 5.74) is 2.93. The first-order chi connectivity index (χ1) is 15.0. The molecule has 0 aromatic heterocycles. The molecule has 2 amide bonds. The summed E-state index contributed by atoms with van der Waals surface area (Å²) in [6.07, 6.45) is -0.166. The van der Waals surface area contributed by atoms with Gasteiger partial charge in [-0.15, -0.1) is 0 Å². The van der Waals surface area contributed by atoms with Crippen LogP contribution in [0, 0.1) is 6.92 Å². The zero-order valence-corrected chi connectivity index (χ0v) is 18.1. The topological polar surface area (TPSA) is 67.4 Å². The molecule has 0 saturated heterocycles. The second-order valence-electron chi connectivity index (χ2n) is 7.47. The minimum Gasteiger partial charge on any atom is -0.481 e. The van der Waals surface area contributed by atoms with Crippen LogP contribution in [-0.4, -0.2) is 17.9 Å². The molecule has 0 saturated carbocycles. The number of benzene rings is 3. The highest BCUT2D eigenvalue weighted by Gasteiger charge is 2.21. The van der Waals surface area contributed by atoms with Crippen molar-refractivity contribution in [3.05, 3.63) is 95.6 Å². The monoisotopic (exact) mass is 416 g/mol. The predicted octanol–water partition coefficient (Wildman–Crippen LogP) is 5.28. The van der Waals surface area contributed by atoms with Crippen molar-refractivity contribution in [2.24, 2.45) is 0 Å². The van der Waals surface area contributed by atoms with Gasteiger partial charge < -0.3 is 15.4 Å². The van der Waals surface area contributed by atoms with Crippen molar-refractivity contribution >= 4 is 17.5 Å². The van der Waals surface area contributed by atoms with Gasteiger partial charge in [-0.1, -0.05) is 61.5 Å². The Labute approximate surface area is 183 Å². The average molecular weight is 417 g/mol. The molecule has 2 N–H and O–H groups in total. The van der Waals surface area contributed by atoms with Crippen molar-refractivity contribution in [2.45, 2.75) is 39.3 Å². The zero-order chi connectivity index (χ0) is 22.2. The smallest absolute Gasteiger partial charge is 0.265 e. The van der Waals surface area contributed by atoms with Gasteiger partial charge >= 0.3 is 0 Å². The quantitative estimate of drug-likeness (QED) is 0.525. The Morgan fingerprint density at radius 3 is 2.35 bits per heavy atom. The number of ether oxygens (including phenoxy) is 1. The number of anilines is 1. The Morgan fingerprint density at radius 2 is 1.65 bits per heavy atom. The van der Waals surface area contributed by atoms with Crippen LogP contribution >= 0.6 is 0 Å². The number of rotatable bonds is 8. The molecule has 3 aromatic carbocycles. The van der Waals surface area contributed by atoms with Crippen LogP contribution in [0.4, 0.5) is 5.69 Å². The van der Waals surface area contributed by atoms with Gasteiger partial charge in [0, 0.05) is 0 Å². The largest absolute Gasteiger partial charge is 0.481 e. The van der Waals surface area contributed by atoms with E-state index in [0.29, 0.717) is 23.4 Å². The van der Waals surface area contributed by atoms with Crippen molar-refractivity contribution < 1.29 is 14.3 Å². The minimum absolute atomic E-state index is 0.162. The van der Waals surface area contributed by atoms with Crippen LogP contribution in [0.2, 0.25) is 0 Å². The van der Waals surface area contributed by atoms with E-state index in [1.54, 1.807) is 24.3 Å². The first-order valence-corrected chi connectivity index (χ1v) is 10.5. The predicted molar refractivity (Wildman–Crippen MR) is 123 cm³/mol. The van der Waals surface area contributed by atoms with E-state index in [2.05, 4.69) is 10.6 Å². The first-order valence-electron chi connectivity index (χ1n) is 10.5. The fourth-order valence-electron chi connectivity index (χ4n) is 3.28. The lowest BCUT2D eigenvalue weighted by atomic mass is 10.1. The third-order valence-corrected chi connectivity index (χ3v) is 5.01. The number of aryl methyl sites for hydroxylation is 1. The molecule has 0 spiro atoms. The summed E-state index contributed by atoms with van der Waals surface area (Å²) >= 11 is 0.